The summed E-state index contributed by atoms with van der Waals surface area (Å²) in [5.74, 6) is 0. The number of anilines is 2. The van der Waals surface area contributed by atoms with Gasteiger partial charge in [-0.1, -0.05) is 107 Å². The summed E-state index contributed by atoms with van der Waals surface area (Å²) >= 11 is 0. The summed E-state index contributed by atoms with van der Waals surface area (Å²) in [4.78, 5) is 0. The first-order chi connectivity index (χ1) is 15.2. The number of benzene rings is 4. The Morgan fingerprint density at radius 2 is 1.34 bits per heavy atom. The van der Waals surface area contributed by atoms with Crippen molar-refractivity contribution in [2.45, 2.75) is 45.4 Å². The Kier molecular flexibility index (Phi) is 4.74. The summed E-state index contributed by atoms with van der Waals surface area (Å²) in [6.45, 7) is 11.5. The molecule has 0 amide bonds. The molecular weight excluding hydrogens is 386 g/mol. The van der Waals surface area contributed by atoms with Crippen molar-refractivity contribution < 1.29 is 0 Å². The van der Waals surface area contributed by atoms with Gasteiger partial charge in [0.15, 0.2) is 0 Å². The van der Waals surface area contributed by atoms with E-state index in [0.29, 0.717) is 0 Å². The third-order valence-corrected chi connectivity index (χ3v) is 6.83. The van der Waals surface area contributed by atoms with Crippen LogP contribution in [0.5, 0.6) is 0 Å². The van der Waals surface area contributed by atoms with Crippen molar-refractivity contribution in [3.63, 3.8) is 0 Å². The van der Waals surface area contributed by atoms with Crippen LogP contribution >= 0.6 is 0 Å². The Morgan fingerprint density at radius 1 is 0.625 bits per heavy atom. The fourth-order valence-electron chi connectivity index (χ4n) is 4.91. The molecule has 0 radical (unpaired) electrons. The molecular formula is C31H31N. The second-order valence-corrected chi connectivity index (χ2v) is 10.4. The summed E-state index contributed by atoms with van der Waals surface area (Å²) in [7, 11) is 0. The molecule has 0 aliphatic heterocycles. The maximum absolute atomic E-state index is 3.70. The van der Waals surface area contributed by atoms with Crippen LogP contribution in [0.2, 0.25) is 0 Å². The van der Waals surface area contributed by atoms with Crippen LogP contribution in [-0.2, 0) is 10.8 Å². The van der Waals surface area contributed by atoms with Gasteiger partial charge in [-0.2, -0.15) is 0 Å². The molecule has 1 aliphatic rings. The number of para-hydroxylation sites is 1. The van der Waals surface area contributed by atoms with Crippen LogP contribution < -0.4 is 5.32 Å². The van der Waals surface area contributed by atoms with E-state index in [1.54, 1.807) is 0 Å². The first-order valence-electron chi connectivity index (χ1n) is 11.5. The van der Waals surface area contributed by atoms with Crippen molar-refractivity contribution in [3.05, 3.63) is 108 Å². The van der Waals surface area contributed by atoms with E-state index in [1.807, 2.05) is 0 Å². The molecule has 1 aliphatic carbocycles. The summed E-state index contributed by atoms with van der Waals surface area (Å²) in [5.41, 5.74) is 11.8. The van der Waals surface area contributed by atoms with Crippen molar-refractivity contribution in [1.29, 1.82) is 0 Å². The lowest BCUT2D eigenvalue weighted by Gasteiger charge is -2.24. The lowest BCUT2D eigenvalue weighted by atomic mass is 9.80. The number of rotatable bonds is 3. The van der Waals surface area contributed by atoms with Gasteiger partial charge in [-0.25, -0.2) is 0 Å². The zero-order chi connectivity index (χ0) is 22.5. The maximum atomic E-state index is 3.70. The predicted octanol–water partition coefficient (Wildman–Crippen LogP) is 8.70. The molecule has 0 aromatic heterocycles. The molecule has 0 spiro atoms. The zero-order valence-corrected chi connectivity index (χ0v) is 19.7. The predicted molar refractivity (Wildman–Crippen MR) is 138 cm³/mol. The van der Waals surface area contributed by atoms with Crippen LogP contribution in [0.1, 0.15) is 51.3 Å². The van der Waals surface area contributed by atoms with Gasteiger partial charge in [0.1, 0.15) is 0 Å². The number of hydrogen-bond donors (Lipinski definition) is 1. The van der Waals surface area contributed by atoms with Crippen LogP contribution in [0, 0.1) is 0 Å². The second-order valence-electron chi connectivity index (χ2n) is 10.4. The van der Waals surface area contributed by atoms with E-state index in [-0.39, 0.29) is 10.8 Å². The Bertz CT molecular complexity index is 1290. The largest absolute Gasteiger partial charge is 0.355 e. The molecule has 0 bridgehead atoms. The summed E-state index contributed by atoms with van der Waals surface area (Å²) in [5, 5.41) is 3.70. The summed E-state index contributed by atoms with van der Waals surface area (Å²) < 4.78 is 0. The van der Waals surface area contributed by atoms with Crippen molar-refractivity contribution >= 4 is 11.4 Å². The molecule has 0 atom stereocenters. The molecule has 0 saturated heterocycles. The summed E-state index contributed by atoms with van der Waals surface area (Å²) in [6.07, 6.45) is 0. The Labute approximate surface area is 192 Å². The normalized spacial score (nSPS) is 14.0. The monoisotopic (exact) mass is 417 g/mol. The minimum Gasteiger partial charge on any atom is -0.355 e. The first-order valence-corrected chi connectivity index (χ1v) is 11.5. The van der Waals surface area contributed by atoms with E-state index in [9.17, 15) is 0 Å². The van der Waals surface area contributed by atoms with Gasteiger partial charge in [0.05, 0.1) is 0 Å². The van der Waals surface area contributed by atoms with Gasteiger partial charge >= 0.3 is 0 Å². The fourth-order valence-corrected chi connectivity index (χ4v) is 4.91. The van der Waals surface area contributed by atoms with Crippen LogP contribution in [0.3, 0.4) is 0 Å². The molecule has 4 aromatic carbocycles. The Morgan fingerprint density at radius 3 is 2.09 bits per heavy atom. The number of nitrogens with one attached hydrogen (secondary N) is 1. The maximum Gasteiger partial charge on any atom is 0.0463 e. The molecule has 1 nitrogen and oxygen atoms in total. The highest BCUT2D eigenvalue weighted by molar-refractivity contribution is 5.85. The molecule has 4 aromatic rings. The van der Waals surface area contributed by atoms with Crippen LogP contribution in [-0.4, -0.2) is 0 Å². The highest BCUT2D eigenvalue weighted by Gasteiger charge is 2.36. The minimum absolute atomic E-state index is 0.0162. The molecule has 0 saturated carbocycles. The molecule has 32 heavy (non-hydrogen) atoms. The number of hydrogen-bond acceptors (Lipinski definition) is 1. The van der Waals surface area contributed by atoms with Crippen LogP contribution in [0.25, 0.3) is 22.3 Å². The molecule has 1 heteroatoms. The van der Waals surface area contributed by atoms with E-state index >= 15 is 0 Å². The zero-order valence-electron chi connectivity index (χ0n) is 19.7. The molecule has 0 fully saturated rings. The van der Waals surface area contributed by atoms with Crippen molar-refractivity contribution in [3.8, 4) is 22.3 Å². The van der Waals surface area contributed by atoms with Crippen molar-refractivity contribution in [2.24, 2.45) is 0 Å². The van der Waals surface area contributed by atoms with Crippen LogP contribution in [0.15, 0.2) is 91.0 Å². The third kappa shape index (κ3) is 3.42. The first kappa shape index (κ1) is 20.6. The van der Waals surface area contributed by atoms with E-state index in [2.05, 4.69) is 131 Å². The molecule has 1 N–H and O–H groups in total. The van der Waals surface area contributed by atoms with Gasteiger partial charge < -0.3 is 5.32 Å². The lowest BCUT2D eigenvalue weighted by Crippen LogP contribution is -2.16. The Hall–Kier alpha value is -3.32. The summed E-state index contributed by atoms with van der Waals surface area (Å²) in [6, 6.07) is 33.0. The van der Waals surface area contributed by atoms with Gasteiger partial charge in [0.2, 0.25) is 0 Å². The smallest absolute Gasteiger partial charge is 0.0463 e. The van der Waals surface area contributed by atoms with E-state index < -0.39 is 0 Å². The highest BCUT2D eigenvalue weighted by Crippen LogP contribution is 2.50. The van der Waals surface area contributed by atoms with E-state index in [1.165, 1.54) is 38.9 Å². The second kappa shape index (κ2) is 7.38. The van der Waals surface area contributed by atoms with Gasteiger partial charge in [0.25, 0.3) is 0 Å². The SMILES string of the molecule is CC(C)(C)c1ccc2c(c1)-c1ccc(Nc3ccccc3-c3ccccc3)cc1C2(C)C. The molecule has 0 unspecified atom stereocenters. The van der Waals surface area contributed by atoms with Crippen molar-refractivity contribution in [1.82, 2.24) is 0 Å². The standard InChI is InChI=1S/C31H31N/c1-30(2,3)22-15-18-27-26(19-22)25-17-16-23(20-28(25)31(27,4)5)32-29-14-10-9-13-24(29)21-11-7-6-8-12-21/h6-20,32H,1-5H3. The van der Waals surface area contributed by atoms with Crippen molar-refractivity contribution in [2.75, 3.05) is 5.32 Å². The van der Waals surface area contributed by atoms with Gasteiger partial charge in [0, 0.05) is 22.4 Å². The third-order valence-electron chi connectivity index (χ3n) is 6.83. The quantitative estimate of drug-likeness (QED) is 0.351. The topological polar surface area (TPSA) is 12.0 Å². The lowest BCUT2D eigenvalue weighted by molar-refractivity contribution is 0.589. The van der Waals surface area contributed by atoms with Crippen LogP contribution in [0.4, 0.5) is 11.4 Å². The van der Waals surface area contributed by atoms with Gasteiger partial charge in [-0.15, -0.1) is 0 Å². The number of fused-ring (bicyclic) bond motifs is 3. The average molecular weight is 418 g/mol. The minimum atomic E-state index is -0.0162. The van der Waals surface area contributed by atoms with E-state index in [4.69, 9.17) is 0 Å². The van der Waals surface area contributed by atoms with E-state index in [0.717, 1.165) is 11.4 Å². The molecule has 0 heterocycles. The molecule has 160 valence electrons. The van der Waals surface area contributed by atoms with Gasteiger partial charge in [-0.3, -0.25) is 0 Å². The molecule has 5 rings (SSSR count). The Balaban J connectivity index is 1.55. The fraction of sp³-hybridized carbons (Fsp3) is 0.226. The van der Waals surface area contributed by atoms with Gasteiger partial charge in [-0.05, 0) is 57.0 Å². The highest BCUT2D eigenvalue weighted by atomic mass is 14.9. The average Bonchev–Trinajstić information content (AvgIpc) is 3.00.